The number of carbonyl (C=O) groups excluding carboxylic acids is 1. The van der Waals surface area contributed by atoms with E-state index >= 15 is 0 Å². The molecule has 0 aliphatic rings. The standard InChI is InChI=1S/C21H15ClN2O3/c22-16-9-4-8-15(12-16)19-13-17(24-27-19)21(25)23-20(18-10-5-11-26-18)14-6-2-1-3-7-14/h1-13,20H,(H,23,25). The van der Waals surface area contributed by atoms with Crippen LogP contribution in [0.1, 0.15) is 27.9 Å². The molecule has 0 aliphatic heterocycles. The number of carbonyl (C=O) groups is 1. The van der Waals surface area contributed by atoms with Crippen LogP contribution < -0.4 is 5.32 Å². The Kier molecular flexibility index (Phi) is 4.77. The fraction of sp³-hybridized carbons (Fsp3) is 0.0476. The van der Waals surface area contributed by atoms with Crippen LogP contribution >= 0.6 is 11.6 Å². The van der Waals surface area contributed by atoms with Gasteiger partial charge in [0.2, 0.25) is 0 Å². The predicted molar refractivity (Wildman–Crippen MR) is 101 cm³/mol. The third kappa shape index (κ3) is 3.78. The second-order valence-electron chi connectivity index (χ2n) is 5.92. The second kappa shape index (κ2) is 7.51. The molecule has 1 atom stereocenters. The molecule has 134 valence electrons. The summed E-state index contributed by atoms with van der Waals surface area (Å²) in [6, 6.07) is 21.5. The summed E-state index contributed by atoms with van der Waals surface area (Å²) in [6.07, 6.45) is 1.57. The van der Waals surface area contributed by atoms with Gasteiger partial charge in [0.15, 0.2) is 11.5 Å². The molecule has 0 radical (unpaired) electrons. The van der Waals surface area contributed by atoms with E-state index in [9.17, 15) is 4.79 Å². The van der Waals surface area contributed by atoms with E-state index in [0.717, 1.165) is 11.1 Å². The summed E-state index contributed by atoms with van der Waals surface area (Å²) in [4.78, 5) is 12.7. The van der Waals surface area contributed by atoms with Gasteiger partial charge in [0.1, 0.15) is 11.8 Å². The van der Waals surface area contributed by atoms with E-state index in [1.54, 1.807) is 30.5 Å². The Morgan fingerprint density at radius 1 is 1.00 bits per heavy atom. The van der Waals surface area contributed by atoms with Gasteiger partial charge in [0.05, 0.1) is 6.26 Å². The molecule has 27 heavy (non-hydrogen) atoms. The zero-order chi connectivity index (χ0) is 18.6. The van der Waals surface area contributed by atoms with Crippen molar-refractivity contribution < 1.29 is 13.7 Å². The van der Waals surface area contributed by atoms with E-state index in [4.69, 9.17) is 20.5 Å². The van der Waals surface area contributed by atoms with Gasteiger partial charge < -0.3 is 14.3 Å². The van der Waals surface area contributed by atoms with Crippen molar-refractivity contribution in [2.45, 2.75) is 6.04 Å². The van der Waals surface area contributed by atoms with Gasteiger partial charge in [-0.3, -0.25) is 4.79 Å². The van der Waals surface area contributed by atoms with E-state index in [-0.39, 0.29) is 11.6 Å². The van der Waals surface area contributed by atoms with Crippen molar-refractivity contribution >= 4 is 17.5 Å². The van der Waals surface area contributed by atoms with Gasteiger partial charge in [-0.1, -0.05) is 59.2 Å². The Morgan fingerprint density at radius 3 is 2.59 bits per heavy atom. The number of furan rings is 1. The second-order valence-corrected chi connectivity index (χ2v) is 6.36. The molecule has 2 heterocycles. The van der Waals surface area contributed by atoms with Gasteiger partial charge in [-0.15, -0.1) is 0 Å². The van der Waals surface area contributed by atoms with Crippen LogP contribution in [0.2, 0.25) is 5.02 Å². The first-order valence-corrected chi connectivity index (χ1v) is 8.70. The summed E-state index contributed by atoms with van der Waals surface area (Å²) in [5.41, 5.74) is 1.83. The van der Waals surface area contributed by atoms with Crippen LogP contribution in [0.5, 0.6) is 0 Å². The maximum absolute atomic E-state index is 12.7. The monoisotopic (exact) mass is 378 g/mol. The molecule has 0 fully saturated rings. The maximum atomic E-state index is 12.7. The molecular formula is C21H15ClN2O3. The van der Waals surface area contributed by atoms with Crippen LogP contribution in [0.4, 0.5) is 0 Å². The van der Waals surface area contributed by atoms with Crippen molar-refractivity contribution in [3.63, 3.8) is 0 Å². The lowest BCUT2D eigenvalue weighted by Crippen LogP contribution is -2.29. The van der Waals surface area contributed by atoms with Crippen LogP contribution in [0.25, 0.3) is 11.3 Å². The number of benzene rings is 2. The first kappa shape index (κ1) is 17.1. The van der Waals surface area contributed by atoms with E-state index < -0.39 is 6.04 Å². The summed E-state index contributed by atoms with van der Waals surface area (Å²) in [6.45, 7) is 0. The van der Waals surface area contributed by atoms with Crippen LogP contribution in [-0.4, -0.2) is 11.1 Å². The molecule has 0 saturated heterocycles. The van der Waals surface area contributed by atoms with E-state index in [2.05, 4.69) is 10.5 Å². The van der Waals surface area contributed by atoms with Crippen molar-refractivity contribution in [2.24, 2.45) is 0 Å². The van der Waals surface area contributed by atoms with Crippen LogP contribution in [0.15, 0.2) is 88.0 Å². The molecule has 1 unspecified atom stereocenters. The zero-order valence-electron chi connectivity index (χ0n) is 14.1. The number of nitrogens with zero attached hydrogens (tertiary/aromatic N) is 1. The summed E-state index contributed by atoms with van der Waals surface area (Å²) in [7, 11) is 0. The molecule has 2 aromatic heterocycles. The Morgan fingerprint density at radius 2 is 1.85 bits per heavy atom. The molecule has 1 N–H and O–H groups in total. The summed E-state index contributed by atoms with van der Waals surface area (Å²) in [5, 5.41) is 7.42. The van der Waals surface area contributed by atoms with Crippen molar-refractivity contribution in [1.82, 2.24) is 10.5 Å². The van der Waals surface area contributed by atoms with Gasteiger partial charge in [0, 0.05) is 16.7 Å². The van der Waals surface area contributed by atoms with Crippen LogP contribution in [-0.2, 0) is 0 Å². The van der Waals surface area contributed by atoms with E-state index in [1.165, 1.54) is 0 Å². The van der Waals surface area contributed by atoms with Crippen LogP contribution in [0.3, 0.4) is 0 Å². The van der Waals surface area contributed by atoms with Crippen molar-refractivity contribution in [2.75, 3.05) is 0 Å². The molecule has 0 bridgehead atoms. The lowest BCUT2D eigenvalue weighted by atomic mass is 10.0. The molecule has 4 aromatic rings. The lowest BCUT2D eigenvalue weighted by molar-refractivity contribution is 0.0930. The number of aromatic nitrogens is 1. The summed E-state index contributed by atoms with van der Waals surface area (Å²) < 4.78 is 10.8. The van der Waals surface area contributed by atoms with Gasteiger partial charge in [-0.05, 0) is 29.8 Å². The average Bonchev–Trinajstić information content (AvgIpc) is 3.39. The van der Waals surface area contributed by atoms with Crippen molar-refractivity contribution in [3.8, 4) is 11.3 Å². The first-order valence-electron chi connectivity index (χ1n) is 8.32. The minimum absolute atomic E-state index is 0.178. The maximum Gasteiger partial charge on any atom is 0.274 e. The Balaban J connectivity index is 1.59. The predicted octanol–water partition coefficient (Wildman–Crippen LogP) is 5.11. The smallest absolute Gasteiger partial charge is 0.274 e. The molecule has 6 heteroatoms. The number of hydrogen-bond donors (Lipinski definition) is 1. The van der Waals surface area contributed by atoms with Gasteiger partial charge >= 0.3 is 0 Å². The Bertz CT molecular complexity index is 1040. The van der Waals surface area contributed by atoms with Crippen molar-refractivity contribution in [3.05, 3.63) is 101 Å². The summed E-state index contributed by atoms with van der Waals surface area (Å²) in [5.74, 6) is 0.738. The van der Waals surface area contributed by atoms with Crippen molar-refractivity contribution in [1.29, 1.82) is 0 Å². The largest absolute Gasteiger partial charge is 0.467 e. The number of nitrogens with one attached hydrogen (secondary N) is 1. The minimum atomic E-state index is -0.431. The highest BCUT2D eigenvalue weighted by Gasteiger charge is 2.22. The van der Waals surface area contributed by atoms with Crippen LogP contribution in [0, 0.1) is 0 Å². The van der Waals surface area contributed by atoms with E-state index in [0.29, 0.717) is 16.5 Å². The number of hydrogen-bond acceptors (Lipinski definition) is 4. The topological polar surface area (TPSA) is 68.3 Å². The first-order chi connectivity index (χ1) is 13.2. The van der Waals surface area contributed by atoms with Gasteiger partial charge in [-0.25, -0.2) is 0 Å². The number of amides is 1. The average molecular weight is 379 g/mol. The lowest BCUT2D eigenvalue weighted by Gasteiger charge is -2.16. The molecular weight excluding hydrogens is 364 g/mol. The molecule has 0 spiro atoms. The highest BCUT2D eigenvalue weighted by molar-refractivity contribution is 6.30. The normalized spacial score (nSPS) is 11.9. The minimum Gasteiger partial charge on any atom is -0.467 e. The fourth-order valence-electron chi connectivity index (χ4n) is 2.78. The highest BCUT2D eigenvalue weighted by atomic mass is 35.5. The Labute approximate surface area is 160 Å². The molecule has 2 aromatic carbocycles. The quantitative estimate of drug-likeness (QED) is 0.524. The van der Waals surface area contributed by atoms with Gasteiger partial charge in [-0.2, -0.15) is 0 Å². The number of rotatable bonds is 5. The van der Waals surface area contributed by atoms with E-state index in [1.807, 2.05) is 48.5 Å². The molecule has 0 aliphatic carbocycles. The van der Waals surface area contributed by atoms with Gasteiger partial charge in [0.25, 0.3) is 5.91 Å². The highest BCUT2D eigenvalue weighted by Crippen LogP contribution is 2.25. The number of halogens is 1. The summed E-state index contributed by atoms with van der Waals surface area (Å²) >= 11 is 6.01. The fourth-order valence-corrected chi connectivity index (χ4v) is 2.98. The third-order valence-electron chi connectivity index (χ3n) is 4.09. The molecule has 4 rings (SSSR count). The molecule has 0 saturated carbocycles. The molecule has 5 nitrogen and oxygen atoms in total. The molecule has 1 amide bonds. The Hall–Kier alpha value is -3.31. The third-order valence-corrected chi connectivity index (χ3v) is 4.32. The SMILES string of the molecule is O=C(NC(c1ccccc1)c1ccco1)c1cc(-c2cccc(Cl)c2)on1. The zero-order valence-corrected chi connectivity index (χ0v) is 14.9.